The number of amides is 1. The van der Waals surface area contributed by atoms with E-state index in [1.54, 1.807) is 18.3 Å². The van der Waals surface area contributed by atoms with E-state index in [1.165, 1.54) is 0 Å². The summed E-state index contributed by atoms with van der Waals surface area (Å²) in [5, 5.41) is 9.47. The molecule has 0 aliphatic heterocycles. The highest BCUT2D eigenvalue weighted by molar-refractivity contribution is 5.91. The molecule has 33 heavy (non-hydrogen) atoms. The van der Waals surface area contributed by atoms with Gasteiger partial charge in [0.15, 0.2) is 5.76 Å². The summed E-state index contributed by atoms with van der Waals surface area (Å²) in [6.07, 6.45) is 3.67. The number of hydrogen-bond donors (Lipinski definition) is 1. The SMILES string of the molecule is O=C(NCc1ccccc1Cn1cccn1)c1ccc(COc2ccc3ccccc3c2)o1. The molecule has 6 nitrogen and oxygen atoms in total. The van der Waals surface area contributed by atoms with Gasteiger partial charge in [-0.3, -0.25) is 9.48 Å². The average Bonchev–Trinajstić information content (AvgIpc) is 3.54. The van der Waals surface area contributed by atoms with Gasteiger partial charge in [-0.2, -0.15) is 5.10 Å². The predicted octanol–water partition coefficient (Wildman–Crippen LogP) is 5.19. The number of carbonyl (C=O) groups is 1. The van der Waals surface area contributed by atoms with E-state index >= 15 is 0 Å². The second kappa shape index (κ2) is 9.44. The monoisotopic (exact) mass is 437 g/mol. The Bertz CT molecular complexity index is 1370. The fraction of sp³-hybridized carbons (Fsp3) is 0.111. The standard InChI is InChI=1S/C27H23N3O3/c31-27(28-17-22-8-3-4-9-23(22)18-30-15-5-14-29-30)26-13-12-25(33-26)19-32-24-11-10-20-6-1-2-7-21(20)16-24/h1-16H,17-19H2,(H,28,31). The molecule has 0 unspecified atom stereocenters. The highest BCUT2D eigenvalue weighted by Gasteiger charge is 2.13. The van der Waals surface area contributed by atoms with Crippen molar-refractivity contribution < 1.29 is 13.9 Å². The summed E-state index contributed by atoms with van der Waals surface area (Å²) >= 11 is 0. The van der Waals surface area contributed by atoms with Crippen molar-refractivity contribution in [3.8, 4) is 5.75 Å². The maximum atomic E-state index is 12.6. The average molecular weight is 437 g/mol. The van der Waals surface area contributed by atoms with Crippen LogP contribution in [0.5, 0.6) is 5.75 Å². The quantitative estimate of drug-likeness (QED) is 0.363. The van der Waals surface area contributed by atoms with Crippen molar-refractivity contribution >= 4 is 16.7 Å². The molecular weight excluding hydrogens is 414 g/mol. The van der Waals surface area contributed by atoms with Crippen LogP contribution in [0.15, 0.2) is 102 Å². The molecular formula is C27H23N3O3. The Balaban J connectivity index is 1.18. The molecule has 0 aliphatic rings. The molecule has 3 aromatic carbocycles. The Labute approximate surface area is 191 Å². The van der Waals surface area contributed by atoms with Crippen LogP contribution in [0.4, 0.5) is 0 Å². The summed E-state index contributed by atoms with van der Waals surface area (Å²) in [5.74, 6) is 1.34. The maximum absolute atomic E-state index is 12.6. The van der Waals surface area contributed by atoms with Crippen LogP contribution in [0.2, 0.25) is 0 Å². The number of fused-ring (bicyclic) bond motifs is 1. The normalized spacial score (nSPS) is 10.9. The van der Waals surface area contributed by atoms with Gasteiger partial charge in [-0.15, -0.1) is 0 Å². The third-order valence-corrected chi connectivity index (χ3v) is 5.44. The van der Waals surface area contributed by atoms with Crippen molar-refractivity contribution in [2.45, 2.75) is 19.7 Å². The molecule has 0 aliphatic carbocycles. The van der Waals surface area contributed by atoms with Crippen LogP contribution in [0.3, 0.4) is 0 Å². The Hall–Kier alpha value is -4.32. The first-order valence-electron chi connectivity index (χ1n) is 10.8. The van der Waals surface area contributed by atoms with E-state index in [2.05, 4.69) is 16.5 Å². The number of ether oxygens (including phenoxy) is 1. The maximum Gasteiger partial charge on any atom is 0.287 e. The van der Waals surface area contributed by atoms with Crippen LogP contribution >= 0.6 is 0 Å². The Morgan fingerprint density at radius 2 is 1.73 bits per heavy atom. The molecule has 2 aromatic heterocycles. The van der Waals surface area contributed by atoms with Crippen molar-refractivity contribution in [3.05, 3.63) is 120 Å². The number of nitrogens with one attached hydrogen (secondary N) is 1. The number of hydrogen-bond acceptors (Lipinski definition) is 4. The second-order valence-electron chi connectivity index (χ2n) is 7.72. The van der Waals surface area contributed by atoms with Gasteiger partial charge in [0.2, 0.25) is 0 Å². The van der Waals surface area contributed by atoms with Crippen LogP contribution in [-0.2, 0) is 19.7 Å². The van der Waals surface area contributed by atoms with Gasteiger partial charge in [0.05, 0.1) is 6.54 Å². The lowest BCUT2D eigenvalue weighted by Gasteiger charge is -2.10. The van der Waals surface area contributed by atoms with Crippen LogP contribution < -0.4 is 10.1 Å². The van der Waals surface area contributed by atoms with E-state index in [-0.39, 0.29) is 18.3 Å². The van der Waals surface area contributed by atoms with Crippen molar-refractivity contribution in [1.82, 2.24) is 15.1 Å². The van der Waals surface area contributed by atoms with Gasteiger partial charge < -0.3 is 14.5 Å². The van der Waals surface area contributed by atoms with E-state index in [9.17, 15) is 4.79 Å². The fourth-order valence-corrected chi connectivity index (χ4v) is 3.70. The number of rotatable bonds is 8. The summed E-state index contributed by atoms with van der Waals surface area (Å²) in [4.78, 5) is 12.6. The lowest BCUT2D eigenvalue weighted by Crippen LogP contribution is -2.23. The van der Waals surface area contributed by atoms with Crippen molar-refractivity contribution in [1.29, 1.82) is 0 Å². The van der Waals surface area contributed by atoms with Gasteiger partial charge in [0.1, 0.15) is 18.1 Å². The Kier molecular flexibility index (Phi) is 5.89. The second-order valence-corrected chi connectivity index (χ2v) is 7.72. The van der Waals surface area contributed by atoms with Crippen LogP contribution in [0, 0.1) is 0 Å². The first-order valence-corrected chi connectivity index (χ1v) is 10.8. The molecule has 0 spiro atoms. The summed E-state index contributed by atoms with van der Waals surface area (Å²) in [7, 11) is 0. The minimum absolute atomic E-state index is 0.248. The van der Waals surface area contributed by atoms with Crippen LogP contribution in [0.1, 0.15) is 27.4 Å². The first-order chi connectivity index (χ1) is 16.2. The molecule has 5 rings (SSSR count). The minimum Gasteiger partial charge on any atom is -0.486 e. The molecule has 2 heterocycles. The van der Waals surface area contributed by atoms with E-state index in [4.69, 9.17) is 9.15 Å². The third-order valence-electron chi connectivity index (χ3n) is 5.44. The van der Waals surface area contributed by atoms with E-state index in [1.807, 2.05) is 77.6 Å². The lowest BCUT2D eigenvalue weighted by molar-refractivity contribution is 0.0919. The van der Waals surface area contributed by atoms with Crippen molar-refractivity contribution in [3.63, 3.8) is 0 Å². The highest BCUT2D eigenvalue weighted by Crippen LogP contribution is 2.22. The largest absolute Gasteiger partial charge is 0.486 e. The number of furan rings is 1. The molecule has 6 heteroatoms. The van der Waals surface area contributed by atoms with Crippen molar-refractivity contribution in [2.75, 3.05) is 0 Å². The van der Waals surface area contributed by atoms with Gasteiger partial charge in [-0.05, 0) is 52.2 Å². The number of benzene rings is 3. The molecule has 5 aromatic rings. The van der Waals surface area contributed by atoms with Gasteiger partial charge >= 0.3 is 0 Å². The molecule has 0 saturated carbocycles. The molecule has 0 bridgehead atoms. The lowest BCUT2D eigenvalue weighted by atomic mass is 10.1. The zero-order valence-electron chi connectivity index (χ0n) is 18.0. The van der Waals surface area contributed by atoms with E-state index < -0.39 is 0 Å². The van der Waals surface area contributed by atoms with Crippen LogP contribution in [-0.4, -0.2) is 15.7 Å². The summed E-state index contributed by atoms with van der Waals surface area (Å²) in [6.45, 7) is 1.30. The minimum atomic E-state index is -0.263. The highest BCUT2D eigenvalue weighted by atomic mass is 16.5. The topological polar surface area (TPSA) is 69.3 Å². The van der Waals surface area contributed by atoms with Crippen LogP contribution in [0.25, 0.3) is 10.8 Å². The number of nitrogens with zero attached hydrogens (tertiary/aromatic N) is 2. The number of carbonyl (C=O) groups excluding carboxylic acids is 1. The van der Waals surface area contributed by atoms with Gasteiger partial charge in [0.25, 0.3) is 5.91 Å². The van der Waals surface area contributed by atoms with Gasteiger partial charge in [-0.25, -0.2) is 0 Å². The van der Waals surface area contributed by atoms with E-state index in [0.717, 1.165) is 27.6 Å². The van der Waals surface area contributed by atoms with Crippen molar-refractivity contribution in [2.24, 2.45) is 0 Å². The summed E-state index contributed by atoms with van der Waals surface area (Å²) in [5.41, 5.74) is 2.14. The fourth-order valence-electron chi connectivity index (χ4n) is 3.70. The van der Waals surface area contributed by atoms with Gasteiger partial charge in [-0.1, -0.05) is 54.6 Å². The Morgan fingerprint density at radius 3 is 2.58 bits per heavy atom. The molecule has 1 amide bonds. The molecule has 0 radical (unpaired) electrons. The smallest absolute Gasteiger partial charge is 0.287 e. The first kappa shape index (κ1) is 20.6. The molecule has 164 valence electrons. The molecule has 0 fully saturated rings. The Morgan fingerprint density at radius 1 is 0.909 bits per heavy atom. The van der Waals surface area contributed by atoms with E-state index in [0.29, 0.717) is 18.8 Å². The molecule has 0 atom stereocenters. The zero-order chi connectivity index (χ0) is 22.5. The number of aromatic nitrogens is 2. The summed E-state index contributed by atoms with van der Waals surface area (Å²) < 4.78 is 13.4. The zero-order valence-corrected chi connectivity index (χ0v) is 18.0. The predicted molar refractivity (Wildman–Crippen MR) is 126 cm³/mol. The molecule has 0 saturated heterocycles. The summed E-state index contributed by atoms with van der Waals surface area (Å²) in [6, 6.07) is 27.4. The third kappa shape index (κ3) is 4.96. The van der Waals surface area contributed by atoms with Gasteiger partial charge in [0, 0.05) is 18.9 Å². The molecule has 1 N–H and O–H groups in total.